The number of para-hydroxylation sites is 1. The number of esters is 1. The lowest BCUT2D eigenvalue weighted by Gasteiger charge is -2.14. The lowest BCUT2D eigenvalue weighted by atomic mass is 10.3. The summed E-state index contributed by atoms with van der Waals surface area (Å²) in [6.45, 7) is 5.70. The summed E-state index contributed by atoms with van der Waals surface area (Å²) in [6, 6.07) is 10.1. The summed E-state index contributed by atoms with van der Waals surface area (Å²) in [5.41, 5.74) is 1.10. The number of ether oxygens (including phenoxy) is 1. The molecule has 1 aromatic carbocycles. The number of nitrogens with zero attached hydrogens (tertiary/aromatic N) is 4. The van der Waals surface area contributed by atoms with Gasteiger partial charge in [-0.25, -0.2) is 0 Å². The number of fused-ring (bicyclic) bond motifs is 1. The molecule has 2 heterocycles. The van der Waals surface area contributed by atoms with Gasteiger partial charge in [0.05, 0.1) is 6.61 Å². The number of carbonyl (C=O) groups excluding carboxylic acids is 1. The summed E-state index contributed by atoms with van der Waals surface area (Å²) in [5.74, 6) is 0.604. The summed E-state index contributed by atoms with van der Waals surface area (Å²) in [4.78, 5) is 13.9. The van der Waals surface area contributed by atoms with Crippen LogP contribution in [0.1, 0.15) is 13.8 Å². The molecule has 7 heteroatoms. The summed E-state index contributed by atoms with van der Waals surface area (Å²) < 4.78 is 7.08. The van der Waals surface area contributed by atoms with E-state index in [9.17, 15) is 4.79 Å². The van der Waals surface area contributed by atoms with Crippen molar-refractivity contribution in [2.75, 3.05) is 18.1 Å². The third-order valence-electron chi connectivity index (χ3n) is 3.45. The van der Waals surface area contributed by atoms with E-state index in [1.165, 1.54) is 11.8 Å². The van der Waals surface area contributed by atoms with Gasteiger partial charge >= 0.3 is 5.97 Å². The molecule has 0 spiro atoms. The quantitative estimate of drug-likeness (QED) is 0.623. The van der Waals surface area contributed by atoms with Crippen molar-refractivity contribution in [1.82, 2.24) is 14.8 Å². The van der Waals surface area contributed by atoms with Crippen LogP contribution in [0.15, 0.2) is 35.5 Å². The van der Waals surface area contributed by atoms with E-state index in [1.807, 2.05) is 36.6 Å². The lowest BCUT2D eigenvalue weighted by molar-refractivity contribution is -0.142. The molecule has 0 saturated carbocycles. The molecule has 2 aromatic rings. The van der Waals surface area contributed by atoms with Crippen LogP contribution in [-0.2, 0) is 16.1 Å². The lowest BCUT2D eigenvalue weighted by Crippen LogP contribution is -2.17. The van der Waals surface area contributed by atoms with Crippen LogP contribution in [0.25, 0.3) is 0 Å². The zero-order valence-corrected chi connectivity index (χ0v) is 13.4. The van der Waals surface area contributed by atoms with Gasteiger partial charge < -0.3 is 9.64 Å². The number of aromatic nitrogens is 3. The molecule has 0 saturated heterocycles. The first kappa shape index (κ1) is 14.9. The molecule has 1 aromatic heterocycles. The molecule has 1 atom stereocenters. The van der Waals surface area contributed by atoms with Crippen molar-refractivity contribution in [1.29, 1.82) is 0 Å². The molecular formula is C15H18N4O2S. The number of rotatable bonds is 5. The number of thioether (sulfide) groups is 1. The molecule has 0 amide bonds. The van der Waals surface area contributed by atoms with Gasteiger partial charge in [0.2, 0.25) is 5.95 Å². The molecule has 1 aliphatic rings. The maximum absolute atomic E-state index is 11.7. The summed E-state index contributed by atoms with van der Waals surface area (Å²) in [7, 11) is 0. The number of carbonyl (C=O) groups is 1. The van der Waals surface area contributed by atoms with E-state index in [0.29, 0.717) is 6.61 Å². The minimum Gasteiger partial charge on any atom is -0.465 e. The predicted molar refractivity (Wildman–Crippen MR) is 85.4 cm³/mol. The number of anilines is 2. The highest BCUT2D eigenvalue weighted by molar-refractivity contribution is 8.00. The molecule has 6 nitrogen and oxygen atoms in total. The minimum absolute atomic E-state index is 0.220. The average molecular weight is 318 g/mol. The Balaban J connectivity index is 1.77. The largest absolute Gasteiger partial charge is 0.465 e. The van der Waals surface area contributed by atoms with Crippen LogP contribution in [0.2, 0.25) is 0 Å². The van der Waals surface area contributed by atoms with E-state index in [2.05, 4.69) is 27.2 Å². The maximum Gasteiger partial charge on any atom is 0.319 e. The van der Waals surface area contributed by atoms with Gasteiger partial charge in [0.1, 0.15) is 5.25 Å². The van der Waals surface area contributed by atoms with Gasteiger partial charge in [0.15, 0.2) is 5.16 Å². The highest BCUT2D eigenvalue weighted by Crippen LogP contribution is 2.33. The summed E-state index contributed by atoms with van der Waals surface area (Å²) >= 11 is 1.39. The van der Waals surface area contributed by atoms with Crippen LogP contribution in [-0.4, -0.2) is 39.1 Å². The van der Waals surface area contributed by atoms with Crippen LogP contribution in [0.5, 0.6) is 0 Å². The first-order valence-corrected chi connectivity index (χ1v) is 8.17. The monoisotopic (exact) mass is 318 g/mol. The first-order valence-electron chi connectivity index (χ1n) is 7.29. The Kier molecular flexibility index (Phi) is 4.33. The van der Waals surface area contributed by atoms with Crippen molar-refractivity contribution in [2.45, 2.75) is 30.8 Å². The zero-order valence-electron chi connectivity index (χ0n) is 12.6. The van der Waals surface area contributed by atoms with Gasteiger partial charge in [0, 0.05) is 18.8 Å². The molecular weight excluding hydrogens is 300 g/mol. The molecule has 0 unspecified atom stereocenters. The van der Waals surface area contributed by atoms with Crippen molar-refractivity contribution in [2.24, 2.45) is 0 Å². The second-order valence-corrected chi connectivity index (χ2v) is 6.24. The number of benzene rings is 1. The third kappa shape index (κ3) is 2.81. The van der Waals surface area contributed by atoms with Crippen LogP contribution in [0.4, 0.5) is 11.6 Å². The van der Waals surface area contributed by atoms with Gasteiger partial charge in [0.25, 0.3) is 0 Å². The first-order chi connectivity index (χ1) is 10.7. The van der Waals surface area contributed by atoms with Gasteiger partial charge in [-0.3, -0.25) is 9.36 Å². The molecule has 0 bridgehead atoms. The van der Waals surface area contributed by atoms with Crippen LogP contribution in [0, 0.1) is 0 Å². The highest BCUT2D eigenvalue weighted by Gasteiger charge is 2.28. The SMILES string of the molecule is CCOC(=O)[C@@H](C)Sc1nnc2n1CCN2c1ccccc1. The molecule has 0 N–H and O–H groups in total. The molecule has 0 radical (unpaired) electrons. The summed E-state index contributed by atoms with van der Waals surface area (Å²) in [5, 5.41) is 8.97. The van der Waals surface area contributed by atoms with Crippen LogP contribution < -0.4 is 4.90 Å². The van der Waals surface area contributed by atoms with Crippen molar-refractivity contribution in [3.63, 3.8) is 0 Å². The molecule has 116 valence electrons. The molecule has 0 fully saturated rings. The van der Waals surface area contributed by atoms with E-state index in [4.69, 9.17) is 4.74 Å². The smallest absolute Gasteiger partial charge is 0.319 e. The fourth-order valence-corrected chi connectivity index (χ4v) is 3.25. The van der Waals surface area contributed by atoms with Crippen molar-refractivity contribution >= 4 is 29.4 Å². The fraction of sp³-hybridized carbons (Fsp3) is 0.400. The van der Waals surface area contributed by atoms with E-state index < -0.39 is 0 Å². The van der Waals surface area contributed by atoms with Gasteiger partial charge in [-0.2, -0.15) is 0 Å². The summed E-state index contributed by atoms with van der Waals surface area (Å²) in [6.07, 6.45) is 0. The van der Waals surface area contributed by atoms with Crippen molar-refractivity contribution < 1.29 is 9.53 Å². The fourth-order valence-electron chi connectivity index (χ4n) is 2.38. The molecule has 0 aliphatic carbocycles. The Bertz CT molecular complexity index is 659. The standard InChI is InChI=1S/C15H18N4O2S/c1-3-21-13(20)11(2)22-15-17-16-14-18(9-10-19(14)15)12-7-5-4-6-8-12/h4-8,11H,3,9-10H2,1-2H3/t11-/m1/s1. The molecule has 3 rings (SSSR count). The second-order valence-electron chi connectivity index (χ2n) is 4.93. The Labute approximate surface area is 133 Å². The van der Waals surface area contributed by atoms with Crippen LogP contribution >= 0.6 is 11.8 Å². The third-order valence-corrected chi connectivity index (χ3v) is 4.51. The van der Waals surface area contributed by atoms with Gasteiger partial charge in [-0.15, -0.1) is 10.2 Å². The predicted octanol–water partition coefficient (Wildman–Crippen LogP) is 2.47. The van der Waals surface area contributed by atoms with E-state index in [0.717, 1.165) is 29.9 Å². The van der Waals surface area contributed by atoms with Gasteiger partial charge in [-0.1, -0.05) is 30.0 Å². The Morgan fingerprint density at radius 2 is 2.09 bits per heavy atom. The topological polar surface area (TPSA) is 60.2 Å². The van der Waals surface area contributed by atoms with E-state index in [-0.39, 0.29) is 11.2 Å². The Morgan fingerprint density at radius 1 is 1.32 bits per heavy atom. The van der Waals surface area contributed by atoms with Crippen molar-refractivity contribution in [3.05, 3.63) is 30.3 Å². The van der Waals surface area contributed by atoms with Gasteiger partial charge in [-0.05, 0) is 26.0 Å². The highest BCUT2D eigenvalue weighted by atomic mass is 32.2. The average Bonchev–Trinajstić information content (AvgIpc) is 3.11. The maximum atomic E-state index is 11.7. The second kappa shape index (κ2) is 6.39. The number of hydrogen-bond donors (Lipinski definition) is 0. The Hall–Kier alpha value is -2.02. The minimum atomic E-state index is -0.293. The zero-order chi connectivity index (χ0) is 15.5. The van der Waals surface area contributed by atoms with E-state index >= 15 is 0 Å². The molecule has 1 aliphatic heterocycles. The molecule has 22 heavy (non-hydrogen) atoms. The van der Waals surface area contributed by atoms with Crippen LogP contribution in [0.3, 0.4) is 0 Å². The van der Waals surface area contributed by atoms with E-state index in [1.54, 1.807) is 0 Å². The van der Waals surface area contributed by atoms with Crippen molar-refractivity contribution in [3.8, 4) is 0 Å². The Morgan fingerprint density at radius 3 is 2.82 bits per heavy atom. The normalized spacial score (nSPS) is 14.7. The number of hydrogen-bond acceptors (Lipinski definition) is 6.